The molecule has 0 heterocycles. The van der Waals surface area contributed by atoms with Gasteiger partial charge in [0.05, 0.1) is 7.11 Å². The first-order valence-corrected chi connectivity index (χ1v) is 4.44. The highest BCUT2D eigenvalue weighted by Gasteiger charge is 2.22. The van der Waals surface area contributed by atoms with Crippen LogP contribution in [-0.4, -0.2) is 7.11 Å². The monoisotopic (exact) mass is 178 g/mol. The van der Waals surface area contributed by atoms with Gasteiger partial charge in [0.15, 0.2) is 0 Å². The molecule has 0 fully saturated rings. The molecule has 3 heteroatoms. The van der Waals surface area contributed by atoms with Gasteiger partial charge in [0, 0.05) is 17.8 Å². The summed E-state index contributed by atoms with van der Waals surface area (Å²) >= 11 is 0. The van der Waals surface area contributed by atoms with Crippen molar-refractivity contribution in [2.75, 3.05) is 12.8 Å². The average molecular weight is 178 g/mol. The van der Waals surface area contributed by atoms with Crippen molar-refractivity contribution in [3.8, 4) is 5.75 Å². The second-order valence-electron chi connectivity index (χ2n) is 3.44. The molecule has 0 amide bonds. The molecular formula is C10H14N2O. The Morgan fingerprint density at radius 3 is 2.92 bits per heavy atom. The molecule has 13 heavy (non-hydrogen) atoms. The Kier molecular flexibility index (Phi) is 1.88. The van der Waals surface area contributed by atoms with Gasteiger partial charge in [0.25, 0.3) is 0 Å². The lowest BCUT2D eigenvalue weighted by Gasteiger charge is -2.10. The van der Waals surface area contributed by atoms with Gasteiger partial charge < -0.3 is 16.2 Å². The van der Waals surface area contributed by atoms with E-state index in [-0.39, 0.29) is 6.04 Å². The predicted molar refractivity (Wildman–Crippen MR) is 52.7 cm³/mol. The molecule has 1 atom stereocenters. The SMILES string of the molecule is COc1cc(N)cc2c1CC[C@H]2N. The molecule has 0 radical (unpaired) electrons. The van der Waals surface area contributed by atoms with Crippen molar-refractivity contribution in [1.29, 1.82) is 0 Å². The van der Waals surface area contributed by atoms with Gasteiger partial charge in [-0.05, 0) is 30.0 Å². The summed E-state index contributed by atoms with van der Waals surface area (Å²) in [5.41, 5.74) is 14.8. The van der Waals surface area contributed by atoms with Gasteiger partial charge >= 0.3 is 0 Å². The number of fused-ring (bicyclic) bond motifs is 1. The Labute approximate surface area is 77.7 Å². The number of anilines is 1. The minimum absolute atomic E-state index is 0.132. The number of ether oxygens (including phenoxy) is 1. The smallest absolute Gasteiger partial charge is 0.124 e. The first-order valence-electron chi connectivity index (χ1n) is 4.44. The van der Waals surface area contributed by atoms with Crippen molar-refractivity contribution in [2.24, 2.45) is 5.73 Å². The van der Waals surface area contributed by atoms with Gasteiger partial charge in [-0.1, -0.05) is 0 Å². The summed E-state index contributed by atoms with van der Waals surface area (Å²) in [5.74, 6) is 0.878. The number of hydrogen-bond acceptors (Lipinski definition) is 3. The van der Waals surface area contributed by atoms with E-state index < -0.39 is 0 Å². The van der Waals surface area contributed by atoms with Crippen molar-refractivity contribution in [3.63, 3.8) is 0 Å². The maximum absolute atomic E-state index is 5.93. The van der Waals surface area contributed by atoms with Gasteiger partial charge in [0.1, 0.15) is 5.75 Å². The molecule has 70 valence electrons. The lowest BCUT2D eigenvalue weighted by Crippen LogP contribution is -2.06. The quantitative estimate of drug-likeness (QED) is 0.636. The molecule has 1 aliphatic carbocycles. The highest BCUT2D eigenvalue weighted by Crippen LogP contribution is 2.37. The Balaban J connectivity index is 2.56. The molecular weight excluding hydrogens is 164 g/mol. The third-order valence-electron chi connectivity index (χ3n) is 2.59. The number of methoxy groups -OCH3 is 1. The summed E-state index contributed by atoms with van der Waals surface area (Å²) in [6.45, 7) is 0. The fourth-order valence-corrected chi connectivity index (χ4v) is 1.92. The zero-order valence-corrected chi connectivity index (χ0v) is 7.71. The molecule has 0 saturated carbocycles. The molecule has 1 aromatic carbocycles. The molecule has 1 aliphatic rings. The second-order valence-corrected chi connectivity index (χ2v) is 3.44. The molecule has 0 spiro atoms. The van der Waals surface area contributed by atoms with E-state index >= 15 is 0 Å². The van der Waals surface area contributed by atoms with E-state index in [2.05, 4.69) is 0 Å². The second kappa shape index (κ2) is 2.92. The number of rotatable bonds is 1. The fourth-order valence-electron chi connectivity index (χ4n) is 1.92. The number of nitrogens with two attached hydrogens (primary N) is 2. The molecule has 0 saturated heterocycles. The number of hydrogen-bond donors (Lipinski definition) is 2. The number of benzene rings is 1. The summed E-state index contributed by atoms with van der Waals surface area (Å²) in [5, 5.41) is 0. The van der Waals surface area contributed by atoms with Crippen molar-refractivity contribution in [3.05, 3.63) is 23.3 Å². The van der Waals surface area contributed by atoms with Crippen LogP contribution in [0.3, 0.4) is 0 Å². The van der Waals surface area contributed by atoms with Crippen LogP contribution in [0.2, 0.25) is 0 Å². The molecule has 4 N–H and O–H groups in total. The molecule has 1 aromatic rings. The van der Waals surface area contributed by atoms with E-state index in [1.54, 1.807) is 7.11 Å². The van der Waals surface area contributed by atoms with Crippen molar-refractivity contribution >= 4 is 5.69 Å². The zero-order chi connectivity index (χ0) is 9.42. The highest BCUT2D eigenvalue weighted by molar-refractivity contribution is 5.55. The van der Waals surface area contributed by atoms with E-state index in [0.29, 0.717) is 0 Å². The van der Waals surface area contributed by atoms with E-state index in [1.807, 2.05) is 12.1 Å². The van der Waals surface area contributed by atoms with Gasteiger partial charge in [-0.15, -0.1) is 0 Å². The van der Waals surface area contributed by atoms with Crippen LogP contribution >= 0.6 is 0 Å². The molecule has 0 aromatic heterocycles. The minimum atomic E-state index is 0.132. The van der Waals surface area contributed by atoms with Gasteiger partial charge in [-0.2, -0.15) is 0 Å². The van der Waals surface area contributed by atoms with E-state index in [1.165, 1.54) is 5.56 Å². The van der Waals surface area contributed by atoms with Crippen LogP contribution in [-0.2, 0) is 6.42 Å². The third kappa shape index (κ3) is 1.25. The highest BCUT2D eigenvalue weighted by atomic mass is 16.5. The summed E-state index contributed by atoms with van der Waals surface area (Å²) in [7, 11) is 1.67. The van der Waals surface area contributed by atoms with Crippen LogP contribution < -0.4 is 16.2 Å². The number of nitrogen functional groups attached to an aromatic ring is 1. The molecule has 3 nitrogen and oxygen atoms in total. The Bertz CT molecular complexity index is 336. The predicted octanol–water partition coefficient (Wildman–Crippen LogP) is 1.22. The Morgan fingerprint density at radius 1 is 1.46 bits per heavy atom. The zero-order valence-electron chi connectivity index (χ0n) is 7.71. The summed E-state index contributed by atoms with van der Waals surface area (Å²) in [6, 6.07) is 3.94. The van der Waals surface area contributed by atoms with Crippen molar-refractivity contribution < 1.29 is 4.74 Å². The van der Waals surface area contributed by atoms with Crippen LogP contribution in [0.1, 0.15) is 23.6 Å². The van der Waals surface area contributed by atoms with Crippen LogP contribution in [0.4, 0.5) is 5.69 Å². The molecule has 0 unspecified atom stereocenters. The van der Waals surface area contributed by atoms with Gasteiger partial charge in [-0.3, -0.25) is 0 Å². The summed E-state index contributed by atoms with van der Waals surface area (Å²) in [6.07, 6.45) is 2.00. The summed E-state index contributed by atoms with van der Waals surface area (Å²) < 4.78 is 5.25. The topological polar surface area (TPSA) is 61.3 Å². The maximum atomic E-state index is 5.93. The van der Waals surface area contributed by atoms with Gasteiger partial charge in [-0.25, -0.2) is 0 Å². The first-order chi connectivity index (χ1) is 6.22. The lowest BCUT2D eigenvalue weighted by atomic mass is 10.1. The van der Waals surface area contributed by atoms with E-state index in [0.717, 1.165) is 29.8 Å². The van der Waals surface area contributed by atoms with Crippen molar-refractivity contribution in [2.45, 2.75) is 18.9 Å². The maximum Gasteiger partial charge on any atom is 0.124 e. The fraction of sp³-hybridized carbons (Fsp3) is 0.400. The molecule has 2 rings (SSSR count). The largest absolute Gasteiger partial charge is 0.496 e. The molecule has 0 bridgehead atoms. The normalized spacial score (nSPS) is 20.0. The van der Waals surface area contributed by atoms with Crippen LogP contribution in [0, 0.1) is 0 Å². The molecule has 0 aliphatic heterocycles. The van der Waals surface area contributed by atoms with Crippen LogP contribution in [0.5, 0.6) is 5.75 Å². The first kappa shape index (κ1) is 8.38. The van der Waals surface area contributed by atoms with E-state index in [4.69, 9.17) is 16.2 Å². The standard InChI is InChI=1S/C10H14N2O/c1-13-10-5-6(11)4-8-7(10)2-3-9(8)12/h4-5,9H,2-3,11-12H2,1H3/t9-/m1/s1. The summed E-state index contributed by atoms with van der Waals surface area (Å²) in [4.78, 5) is 0. The van der Waals surface area contributed by atoms with Crippen LogP contribution in [0.25, 0.3) is 0 Å². The van der Waals surface area contributed by atoms with Gasteiger partial charge in [0.2, 0.25) is 0 Å². The van der Waals surface area contributed by atoms with E-state index in [9.17, 15) is 0 Å². The van der Waals surface area contributed by atoms with Crippen LogP contribution in [0.15, 0.2) is 12.1 Å². The Hall–Kier alpha value is -1.22. The van der Waals surface area contributed by atoms with Crippen molar-refractivity contribution in [1.82, 2.24) is 0 Å². The Morgan fingerprint density at radius 2 is 2.23 bits per heavy atom. The minimum Gasteiger partial charge on any atom is -0.496 e. The third-order valence-corrected chi connectivity index (χ3v) is 2.59. The lowest BCUT2D eigenvalue weighted by molar-refractivity contribution is 0.410. The average Bonchev–Trinajstić information content (AvgIpc) is 2.47.